The van der Waals surface area contributed by atoms with Gasteiger partial charge in [-0.1, -0.05) is 0 Å². The molecule has 2 rings (SSSR count). The Kier molecular flexibility index (Phi) is 3.74. The number of rotatable bonds is 5. The number of carbonyl (C=O) groups is 1. The molecule has 0 aliphatic heterocycles. The smallest absolute Gasteiger partial charge is 0.339 e. The third-order valence-corrected chi connectivity index (χ3v) is 2.63. The van der Waals surface area contributed by atoms with Crippen LogP contribution in [0.5, 0.6) is 0 Å². The van der Waals surface area contributed by atoms with E-state index >= 15 is 0 Å². The van der Waals surface area contributed by atoms with Crippen molar-refractivity contribution in [3.8, 4) is 0 Å². The van der Waals surface area contributed by atoms with Crippen molar-refractivity contribution in [1.29, 1.82) is 0 Å². The Balaban J connectivity index is 2.03. The summed E-state index contributed by atoms with van der Waals surface area (Å²) in [5, 5.41) is 12.0. The Hall–Kier alpha value is -2.44. The fourth-order valence-corrected chi connectivity index (χ4v) is 1.72. The van der Waals surface area contributed by atoms with Gasteiger partial charge in [-0.05, 0) is 13.8 Å². The summed E-state index contributed by atoms with van der Waals surface area (Å²) in [4.78, 5) is 23.0. The zero-order chi connectivity index (χ0) is 13.8. The van der Waals surface area contributed by atoms with E-state index in [9.17, 15) is 4.79 Å². The van der Waals surface area contributed by atoms with Gasteiger partial charge in [-0.15, -0.1) is 0 Å². The van der Waals surface area contributed by atoms with E-state index in [4.69, 9.17) is 5.11 Å². The van der Waals surface area contributed by atoms with Crippen LogP contribution in [0.25, 0.3) is 0 Å². The topological polar surface area (TPSA) is 92.9 Å². The summed E-state index contributed by atoms with van der Waals surface area (Å²) < 4.78 is 1.94. The van der Waals surface area contributed by atoms with Crippen molar-refractivity contribution in [2.24, 2.45) is 0 Å². The van der Waals surface area contributed by atoms with Gasteiger partial charge in [-0.25, -0.2) is 19.7 Å². The number of aromatic nitrogens is 4. The summed E-state index contributed by atoms with van der Waals surface area (Å²) in [5.74, 6) is -0.592. The van der Waals surface area contributed by atoms with Crippen LogP contribution in [0.4, 0.5) is 5.95 Å². The largest absolute Gasteiger partial charge is 0.478 e. The van der Waals surface area contributed by atoms with E-state index in [1.54, 1.807) is 19.4 Å². The number of nitrogens with one attached hydrogen (secondary N) is 1. The summed E-state index contributed by atoms with van der Waals surface area (Å²) in [7, 11) is 0. The average molecular weight is 261 g/mol. The quantitative estimate of drug-likeness (QED) is 0.839. The highest BCUT2D eigenvalue weighted by atomic mass is 16.4. The lowest BCUT2D eigenvalue weighted by Gasteiger charge is -2.14. The number of aryl methyl sites for hydroxylation is 1. The number of hydrogen-bond donors (Lipinski definition) is 2. The van der Waals surface area contributed by atoms with Crippen LogP contribution in [0.3, 0.4) is 0 Å². The molecule has 0 fully saturated rings. The molecule has 7 heteroatoms. The molecule has 0 aromatic carbocycles. The molecule has 100 valence electrons. The molecule has 2 aromatic heterocycles. The fourth-order valence-electron chi connectivity index (χ4n) is 1.72. The van der Waals surface area contributed by atoms with Crippen LogP contribution in [0, 0.1) is 6.92 Å². The monoisotopic (exact) mass is 261 g/mol. The molecule has 2 N–H and O–H groups in total. The number of carboxylic acids is 1. The minimum Gasteiger partial charge on any atom is -0.478 e. The molecule has 0 saturated heterocycles. The molecule has 7 nitrogen and oxygen atoms in total. The average Bonchev–Trinajstić information content (AvgIpc) is 2.81. The van der Waals surface area contributed by atoms with E-state index in [1.165, 1.54) is 6.20 Å². The van der Waals surface area contributed by atoms with Crippen LogP contribution in [0.15, 0.2) is 24.9 Å². The minimum atomic E-state index is -1.02. The lowest BCUT2D eigenvalue weighted by molar-refractivity contribution is 0.0695. The fraction of sp³-hybridized carbons (Fsp3) is 0.333. The molecule has 0 bridgehead atoms. The first-order valence-electron chi connectivity index (χ1n) is 5.85. The predicted molar refractivity (Wildman–Crippen MR) is 69.0 cm³/mol. The molecule has 0 spiro atoms. The molecule has 0 saturated carbocycles. The molecule has 0 radical (unpaired) electrons. The lowest BCUT2D eigenvalue weighted by Crippen LogP contribution is -2.23. The van der Waals surface area contributed by atoms with E-state index in [0.29, 0.717) is 11.6 Å². The van der Waals surface area contributed by atoms with Gasteiger partial charge in [-0.3, -0.25) is 0 Å². The molecule has 0 aliphatic carbocycles. The van der Waals surface area contributed by atoms with Crippen molar-refractivity contribution in [3.63, 3.8) is 0 Å². The number of anilines is 1. The van der Waals surface area contributed by atoms with E-state index in [1.807, 2.05) is 17.7 Å². The number of aromatic carboxylic acids is 1. The minimum absolute atomic E-state index is 0.101. The number of carboxylic acid groups (broad SMARTS) is 1. The zero-order valence-electron chi connectivity index (χ0n) is 10.7. The molecule has 2 heterocycles. The SMILES string of the molecule is Cc1nc(NC(C)Cn2ccnc2)ncc1C(=O)O. The van der Waals surface area contributed by atoms with Gasteiger partial charge in [0.15, 0.2) is 0 Å². The van der Waals surface area contributed by atoms with Crippen LogP contribution >= 0.6 is 0 Å². The molecule has 0 amide bonds. The van der Waals surface area contributed by atoms with E-state index in [0.717, 1.165) is 6.54 Å². The van der Waals surface area contributed by atoms with Crippen molar-refractivity contribution in [1.82, 2.24) is 19.5 Å². The number of nitrogens with zero attached hydrogens (tertiary/aromatic N) is 4. The Labute approximate surface area is 110 Å². The molecule has 1 atom stereocenters. The van der Waals surface area contributed by atoms with Crippen LogP contribution in [-0.4, -0.2) is 36.6 Å². The van der Waals surface area contributed by atoms with Crippen LogP contribution in [0.1, 0.15) is 23.0 Å². The molecular weight excluding hydrogens is 246 g/mol. The normalized spacial score (nSPS) is 12.1. The van der Waals surface area contributed by atoms with Gasteiger partial charge in [0.1, 0.15) is 0 Å². The molecule has 19 heavy (non-hydrogen) atoms. The second-order valence-corrected chi connectivity index (χ2v) is 4.30. The van der Waals surface area contributed by atoms with E-state index in [2.05, 4.69) is 20.3 Å². The highest BCUT2D eigenvalue weighted by Gasteiger charge is 2.11. The molecule has 0 aliphatic rings. The van der Waals surface area contributed by atoms with Crippen molar-refractivity contribution in [2.75, 3.05) is 5.32 Å². The Morgan fingerprint density at radius 1 is 1.58 bits per heavy atom. The maximum atomic E-state index is 10.9. The number of imidazole rings is 1. The van der Waals surface area contributed by atoms with Gasteiger partial charge in [-0.2, -0.15) is 0 Å². The summed E-state index contributed by atoms with van der Waals surface area (Å²) in [6.07, 6.45) is 6.64. The van der Waals surface area contributed by atoms with Crippen LogP contribution in [-0.2, 0) is 6.54 Å². The van der Waals surface area contributed by atoms with Crippen LogP contribution in [0.2, 0.25) is 0 Å². The summed E-state index contributed by atoms with van der Waals surface area (Å²) >= 11 is 0. The summed E-state index contributed by atoms with van der Waals surface area (Å²) in [6, 6.07) is 0.101. The second-order valence-electron chi connectivity index (χ2n) is 4.30. The van der Waals surface area contributed by atoms with Gasteiger partial charge >= 0.3 is 5.97 Å². The Morgan fingerprint density at radius 3 is 2.95 bits per heavy atom. The lowest BCUT2D eigenvalue weighted by atomic mass is 10.2. The summed E-state index contributed by atoms with van der Waals surface area (Å²) in [5.41, 5.74) is 0.563. The second kappa shape index (κ2) is 5.47. The maximum absolute atomic E-state index is 10.9. The highest BCUT2D eigenvalue weighted by molar-refractivity contribution is 5.88. The molecule has 1 unspecified atom stereocenters. The van der Waals surface area contributed by atoms with E-state index in [-0.39, 0.29) is 11.6 Å². The van der Waals surface area contributed by atoms with Crippen molar-refractivity contribution < 1.29 is 9.90 Å². The number of hydrogen-bond acceptors (Lipinski definition) is 5. The highest BCUT2D eigenvalue weighted by Crippen LogP contribution is 2.08. The summed E-state index contributed by atoms with van der Waals surface area (Å²) in [6.45, 7) is 4.36. The molecule has 2 aromatic rings. The first-order chi connectivity index (χ1) is 9.06. The Morgan fingerprint density at radius 2 is 2.37 bits per heavy atom. The first-order valence-corrected chi connectivity index (χ1v) is 5.85. The van der Waals surface area contributed by atoms with Gasteiger partial charge < -0.3 is 15.0 Å². The van der Waals surface area contributed by atoms with Gasteiger partial charge in [0.05, 0.1) is 17.6 Å². The van der Waals surface area contributed by atoms with Crippen LogP contribution < -0.4 is 5.32 Å². The standard InChI is InChI=1S/C12H15N5O2/c1-8(6-17-4-3-13-7-17)15-12-14-5-10(11(18)19)9(2)16-12/h3-5,7-8H,6H2,1-2H3,(H,18,19)(H,14,15,16). The van der Waals surface area contributed by atoms with Crippen molar-refractivity contribution in [3.05, 3.63) is 36.2 Å². The first kappa shape index (κ1) is 13.0. The van der Waals surface area contributed by atoms with Gasteiger partial charge in [0.25, 0.3) is 0 Å². The maximum Gasteiger partial charge on any atom is 0.339 e. The van der Waals surface area contributed by atoms with Crippen molar-refractivity contribution in [2.45, 2.75) is 26.4 Å². The predicted octanol–water partition coefficient (Wildman–Crippen LogP) is 1.18. The third kappa shape index (κ3) is 3.27. The van der Waals surface area contributed by atoms with Gasteiger partial charge in [0.2, 0.25) is 5.95 Å². The van der Waals surface area contributed by atoms with Gasteiger partial charge in [0, 0.05) is 31.2 Å². The zero-order valence-corrected chi connectivity index (χ0v) is 10.7. The third-order valence-electron chi connectivity index (χ3n) is 2.63. The van der Waals surface area contributed by atoms with E-state index < -0.39 is 5.97 Å². The molecular formula is C12H15N5O2. The van der Waals surface area contributed by atoms with Crippen molar-refractivity contribution >= 4 is 11.9 Å². The Bertz CT molecular complexity index is 568.